The molecule has 0 bridgehead atoms. The van der Waals surface area contributed by atoms with Gasteiger partial charge in [0.2, 0.25) is 11.7 Å². The summed E-state index contributed by atoms with van der Waals surface area (Å²) in [6.07, 6.45) is 6.95. The minimum absolute atomic E-state index is 0.0267. The van der Waals surface area contributed by atoms with Crippen molar-refractivity contribution in [3.63, 3.8) is 0 Å². The average molecular weight is 365 g/mol. The van der Waals surface area contributed by atoms with E-state index in [0.717, 1.165) is 29.5 Å². The van der Waals surface area contributed by atoms with Gasteiger partial charge in [-0.1, -0.05) is 11.2 Å². The van der Waals surface area contributed by atoms with E-state index in [1.54, 1.807) is 28.4 Å². The van der Waals surface area contributed by atoms with Crippen molar-refractivity contribution in [3.8, 4) is 11.5 Å². The first-order chi connectivity index (χ1) is 12.8. The Morgan fingerprint density at radius 3 is 3.08 bits per heavy atom. The minimum Gasteiger partial charge on any atom is -0.339 e. The predicted octanol–water partition coefficient (Wildman–Crippen LogP) is 2.63. The summed E-state index contributed by atoms with van der Waals surface area (Å²) in [6.45, 7) is 0.455. The van der Waals surface area contributed by atoms with Gasteiger partial charge in [-0.3, -0.25) is 14.3 Å². The molecule has 5 rings (SSSR count). The fourth-order valence-corrected chi connectivity index (χ4v) is 4.57. The number of hydrogen-bond acceptors (Lipinski definition) is 7. The molecule has 4 aromatic heterocycles. The number of pyridine rings is 1. The summed E-state index contributed by atoms with van der Waals surface area (Å²) in [5.74, 6) is 0.936. The fraction of sp³-hybridized carbons (Fsp3) is 0.278. The average Bonchev–Trinajstić information content (AvgIpc) is 3.37. The maximum Gasteiger partial charge on any atom is 0.262 e. The van der Waals surface area contributed by atoms with Crippen molar-refractivity contribution in [2.45, 2.75) is 32.2 Å². The highest BCUT2D eigenvalue weighted by Gasteiger charge is 2.21. The fourth-order valence-electron chi connectivity index (χ4n) is 3.35. The molecule has 0 aliphatic heterocycles. The van der Waals surface area contributed by atoms with E-state index in [-0.39, 0.29) is 5.56 Å². The molecule has 0 N–H and O–H groups in total. The van der Waals surface area contributed by atoms with E-state index < -0.39 is 0 Å². The Balaban J connectivity index is 1.40. The standard InChI is InChI=1S/C18H15N5O2S/c24-18-15-11-4-3-6-13(11)26-17(15)20-10-23(18)9-7-14-21-16(22-25-14)12-5-1-2-8-19-12/h1-2,5,8,10H,3-4,6-7,9H2. The summed E-state index contributed by atoms with van der Waals surface area (Å²) >= 11 is 1.65. The number of aromatic nitrogens is 5. The lowest BCUT2D eigenvalue weighted by atomic mass is 10.2. The van der Waals surface area contributed by atoms with E-state index >= 15 is 0 Å². The Morgan fingerprint density at radius 1 is 1.23 bits per heavy atom. The van der Waals surface area contributed by atoms with Crippen molar-refractivity contribution >= 4 is 21.6 Å². The molecule has 0 aromatic carbocycles. The van der Waals surface area contributed by atoms with Gasteiger partial charge in [0, 0.05) is 24.0 Å². The Bertz CT molecular complexity index is 1150. The molecule has 0 radical (unpaired) electrons. The molecule has 4 aromatic rings. The molecule has 0 fully saturated rings. The molecule has 1 aliphatic rings. The summed E-state index contributed by atoms with van der Waals surface area (Å²) in [7, 11) is 0. The summed E-state index contributed by atoms with van der Waals surface area (Å²) in [5.41, 5.74) is 1.89. The largest absolute Gasteiger partial charge is 0.339 e. The molecule has 1 aliphatic carbocycles. The van der Waals surface area contributed by atoms with Crippen LogP contribution in [-0.4, -0.2) is 24.7 Å². The third kappa shape index (κ3) is 2.53. The second-order valence-corrected chi connectivity index (χ2v) is 7.34. The third-order valence-electron chi connectivity index (χ3n) is 4.62. The zero-order valence-electron chi connectivity index (χ0n) is 13.9. The second-order valence-electron chi connectivity index (χ2n) is 6.26. The Morgan fingerprint density at radius 2 is 2.19 bits per heavy atom. The maximum absolute atomic E-state index is 12.9. The molecular weight excluding hydrogens is 350 g/mol. The molecule has 0 spiro atoms. The number of aryl methyl sites for hydroxylation is 4. The lowest BCUT2D eigenvalue weighted by molar-refractivity contribution is 0.371. The van der Waals surface area contributed by atoms with Gasteiger partial charge in [0.15, 0.2) is 0 Å². The van der Waals surface area contributed by atoms with Crippen molar-refractivity contribution < 1.29 is 4.52 Å². The molecule has 8 heteroatoms. The van der Waals surface area contributed by atoms with Crippen LogP contribution in [0.15, 0.2) is 40.0 Å². The van der Waals surface area contributed by atoms with Crippen molar-refractivity contribution in [2.75, 3.05) is 0 Å². The molecule has 0 saturated carbocycles. The first kappa shape index (κ1) is 15.4. The van der Waals surface area contributed by atoms with Crippen LogP contribution in [0.1, 0.15) is 22.8 Å². The van der Waals surface area contributed by atoms with Gasteiger partial charge < -0.3 is 4.52 Å². The summed E-state index contributed by atoms with van der Waals surface area (Å²) < 4.78 is 6.93. The number of nitrogens with zero attached hydrogens (tertiary/aromatic N) is 5. The Hall–Kier alpha value is -2.87. The quantitative estimate of drug-likeness (QED) is 0.552. The molecule has 0 unspecified atom stereocenters. The number of hydrogen-bond donors (Lipinski definition) is 0. The molecule has 0 saturated heterocycles. The van der Waals surface area contributed by atoms with E-state index in [0.29, 0.717) is 30.4 Å². The van der Waals surface area contributed by atoms with Gasteiger partial charge in [-0.2, -0.15) is 4.98 Å². The maximum atomic E-state index is 12.9. The Kier molecular flexibility index (Phi) is 3.63. The lowest BCUT2D eigenvalue weighted by Gasteiger charge is -2.03. The molecule has 0 amide bonds. The topological polar surface area (TPSA) is 86.7 Å². The zero-order valence-corrected chi connectivity index (χ0v) is 14.7. The van der Waals surface area contributed by atoms with Gasteiger partial charge >= 0.3 is 0 Å². The van der Waals surface area contributed by atoms with Crippen LogP contribution in [0, 0.1) is 0 Å². The molecular formula is C18H15N5O2S. The zero-order chi connectivity index (χ0) is 17.5. The van der Waals surface area contributed by atoms with Crippen LogP contribution in [0.3, 0.4) is 0 Å². The SMILES string of the molecule is O=c1c2c3c(sc2ncn1CCc1nc(-c2ccccn2)no1)CCC3. The van der Waals surface area contributed by atoms with Crippen LogP contribution in [0.25, 0.3) is 21.7 Å². The normalized spacial score (nSPS) is 13.4. The van der Waals surface area contributed by atoms with E-state index in [1.807, 2.05) is 18.2 Å². The van der Waals surface area contributed by atoms with Crippen molar-refractivity contribution in [1.82, 2.24) is 24.7 Å². The predicted molar refractivity (Wildman–Crippen MR) is 97.1 cm³/mol. The second kappa shape index (κ2) is 6.14. The van der Waals surface area contributed by atoms with Crippen LogP contribution in [-0.2, 0) is 25.8 Å². The third-order valence-corrected chi connectivity index (χ3v) is 5.82. The first-order valence-corrected chi connectivity index (χ1v) is 9.35. The Labute approximate surface area is 152 Å². The van der Waals surface area contributed by atoms with Crippen LogP contribution in [0.2, 0.25) is 0 Å². The van der Waals surface area contributed by atoms with Crippen molar-refractivity contribution in [1.29, 1.82) is 0 Å². The lowest BCUT2D eigenvalue weighted by Crippen LogP contribution is -2.21. The smallest absolute Gasteiger partial charge is 0.262 e. The minimum atomic E-state index is 0.0267. The highest BCUT2D eigenvalue weighted by Crippen LogP contribution is 2.34. The molecule has 26 heavy (non-hydrogen) atoms. The first-order valence-electron chi connectivity index (χ1n) is 8.53. The summed E-state index contributed by atoms with van der Waals surface area (Å²) in [5, 5.41) is 4.76. The van der Waals surface area contributed by atoms with Crippen molar-refractivity contribution in [3.05, 3.63) is 57.4 Å². The van der Waals surface area contributed by atoms with Crippen LogP contribution < -0.4 is 5.56 Å². The van der Waals surface area contributed by atoms with E-state index in [9.17, 15) is 4.79 Å². The summed E-state index contributed by atoms with van der Waals surface area (Å²) in [6, 6.07) is 5.54. The van der Waals surface area contributed by atoms with Crippen LogP contribution in [0.4, 0.5) is 0 Å². The van der Waals surface area contributed by atoms with Gasteiger partial charge in [0.1, 0.15) is 10.5 Å². The molecule has 4 heterocycles. The van der Waals surface area contributed by atoms with E-state index in [2.05, 4.69) is 20.1 Å². The molecule has 0 atom stereocenters. The van der Waals surface area contributed by atoms with Crippen LogP contribution in [0.5, 0.6) is 0 Å². The number of thiophene rings is 1. The number of fused-ring (bicyclic) bond motifs is 3. The molecule has 130 valence electrons. The van der Waals surface area contributed by atoms with Crippen molar-refractivity contribution in [2.24, 2.45) is 0 Å². The number of rotatable bonds is 4. The van der Waals surface area contributed by atoms with Crippen LogP contribution >= 0.6 is 11.3 Å². The highest BCUT2D eigenvalue weighted by atomic mass is 32.1. The van der Waals surface area contributed by atoms with Gasteiger partial charge in [-0.05, 0) is 37.0 Å². The van der Waals surface area contributed by atoms with Gasteiger partial charge in [0.25, 0.3) is 5.56 Å². The van der Waals surface area contributed by atoms with E-state index in [1.165, 1.54) is 10.4 Å². The monoisotopic (exact) mass is 365 g/mol. The van der Waals surface area contributed by atoms with Gasteiger partial charge in [-0.25, -0.2) is 4.98 Å². The molecule has 7 nitrogen and oxygen atoms in total. The van der Waals surface area contributed by atoms with Gasteiger partial charge in [0.05, 0.1) is 11.7 Å². The van der Waals surface area contributed by atoms with Gasteiger partial charge in [-0.15, -0.1) is 11.3 Å². The highest BCUT2D eigenvalue weighted by molar-refractivity contribution is 7.18. The summed E-state index contributed by atoms with van der Waals surface area (Å²) in [4.78, 5) is 28.1. The van der Waals surface area contributed by atoms with E-state index in [4.69, 9.17) is 4.52 Å².